The summed E-state index contributed by atoms with van der Waals surface area (Å²) in [5, 5.41) is 17.6. The quantitative estimate of drug-likeness (QED) is 0.0730. The molecule has 0 spiro atoms. The van der Waals surface area contributed by atoms with Crippen molar-refractivity contribution < 1.29 is 24.0 Å². The topological polar surface area (TPSA) is 298 Å². The second kappa shape index (κ2) is 36.8. The predicted octanol–water partition coefficient (Wildman–Crippen LogP) is 15.5. The van der Waals surface area contributed by atoms with Crippen LogP contribution in [-0.2, 0) is 39.7 Å². The number of carboxylic acid groups (broad SMARTS) is 1. The number of aldehydes is 1. The van der Waals surface area contributed by atoms with Crippen molar-refractivity contribution in [3.8, 4) is 0 Å². The first kappa shape index (κ1) is 72.9. The Morgan fingerprint density at radius 2 is 0.640 bits per heavy atom. The zero-order valence-electron chi connectivity index (χ0n) is 53.0. The van der Waals surface area contributed by atoms with Gasteiger partial charge >= 0.3 is 0 Å². The van der Waals surface area contributed by atoms with Crippen molar-refractivity contribution in [1.82, 2.24) is 79.7 Å². The van der Waals surface area contributed by atoms with Crippen LogP contribution in [0.15, 0.2) is 244 Å². The Hall–Kier alpha value is -11.4. The van der Waals surface area contributed by atoms with Crippen LogP contribution in [0.1, 0.15) is 76.2 Å². The molecule has 0 amide bonds. The van der Waals surface area contributed by atoms with E-state index in [1.807, 2.05) is 213 Å². The molecule has 2 N–H and O–H groups in total. The lowest BCUT2D eigenvalue weighted by Crippen LogP contribution is -2.07. The summed E-state index contributed by atoms with van der Waals surface area (Å²) in [6.07, 6.45) is 16.2. The van der Waals surface area contributed by atoms with Gasteiger partial charge in [-0.05, 0) is 117 Å². The van der Waals surface area contributed by atoms with Crippen LogP contribution >= 0.6 is 33.0 Å². The lowest BCUT2D eigenvalue weighted by molar-refractivity contribution is -0.134. The first-order valence-electron chi connectivity index (χ1n) is 30.6. The molecular formula is C75H63Cl3N16O5S. The van der Waals surface area contributed by atoms with E-state index in [0.717, 1.165) is 142 Å². The van der Waals surface area contributed by atoms with Crippen LogP contribution in [0.5, 0.6) is 0 Å². The molecule has 2 atom stereocenters. The number of carbonyl (C=O) groups is 2. The van der Waals surface area contributed by atoms with E-state index in [2.05, 4.69) is 101 Å². The number of fused-ring (bicyclic) bond motifs is 8. The summed E-state index contributed by atoms with van der Waals surface area (Å²) < 4.78 is 9.09. The van der Waals surface area contributed by atoms with Gasteiger partial charge in [0, 0.05) is 72.1 Å². The number of halogens is 3. The number of hydrogen-bond donors (Lipinski definition) is 2. The van der Waals surface area contributed by atoms with E-state index in [9.17, 15) is 9.90 Å². The van der Waals surface area contributed by atoms with Gasteiger partial charge in [-0.15, -0.1) is 11.6 Å². The Morgan fingerprint density at radius 1 is 0.390 bits per heavy atom. The molecular weight excluding hydrogens is 1340 g/mol. The number of carbonyl (C=O) groups excluding carboxylic acids is 1. The number of aryl methyl sites for hydroxylation is 3. The van der Waals surface area contributed by atoms with E-state index in [0.29, 0.717) is 30.5 Å². The minimum absolute atomic E-state index is 0. The Morgan fingerprint density at radius 3 is 1.00 bits per heavy atom. The number of alkyl halides is 1. The fourth-order valence-electron chi connectivity index (χ4n) is 9.60. The van der Waals surface area contributed by atoms with Crippen molar-refractivity contribution in [2.24, 2.45) is 0 Å². The van der Waals surface area contributed by atoms with E-state index in [1.54, 1.807) is 31.0 Å². The van der Waals surface area contributed by atoms with E-state index in [4.69, 9.17) is 25.7 Å². The first-order valence-corrected chi connectivity index (χ1v) is 33.8. The predicted molar refractivity (Wildman–Crippen MR) is 395 cm³/mol. The molecule has 16 aromatic rings. The molecule has 100 heavy (non-hydrogen) atoms. The Labute approximate surface area is 590 Å². The van der Waals surface area contributed by atoms with E-state index >= 15 is 0 Å². The third-order valence-corrected chi connectivity index (χ3v) is 14.6. The number of aliphatic hydroxyl groups is 1. The highest BCUT2D eigenvalue weighted by Gasteiger charge is 2.16. The summed E-state index contributed by atoms with van der Waals surface area (Å²) in [4.78, 5) is 89.9. The Bertz CT molecular complexity index is 5180. The smallest absolute Gasteiger partial charge is 0.300 e. The lowest BCUT2D eigenvalue weighted by Gasteiger charge is -2.10. The largest absolute Gasteiger partial charge is 0.481 e. The Balaban J connectivity index is 0.000000145. The van der Waals surface area contributed by atoms with Crippen LogP contribution in [0.2, 0.25) is 0 Å². The molecule has 8 aromatic carbocycles. The van der Waals surface area contributed by atoms with Gasteiger partial charge in [0.05, 0.1) is 152 Å². The summed E-state index contributed by atoms with van der Waals surface area (Å²) in [6, 6.07) is 62.0. The van der Waals surface area contributed by atoms with Gasteiger partial charge in [-0.25, -0.2) is 44.1 Å². The highest BCUT2D eigenvalue weighted by molar-refractivity contribution is 8.26. The monoisotopic (exact) mass is 1400 g/mol. The number of para-hydroxylation sites is 16. The summed E-state index contributed by atoms with van der Waals surface area (Å²) in [7, 11) is 7.36. The van der Waals surface area contributed by atoms with Gasteiger partial charge in [0.25, 0.3) is 5.97 Å². The molecule has 0 saturated heterocycles. The maximum atomic E-state index is 10.4. The average Bonchev–Trinajstić information content (AvgIpc) is 0.843. The van der Waals surface area contributed by atoms with Crippen LogP contribution < -0.4 is 0 Å². The molecule has 25 heteroatoms. The third kappa shape index (κ3) is 21.5. The minimum atomic E-state index is -1.67. The first-order chi connectivity index (χ1) is 48.2. The molecule has 500 valence electrons. The fraction of sp³-hybridized carbons (Fsp3) is 0.120. The molecule has 0 bridgehead atoms. The van der Waals surface area contributed by atoms with E-state index in [1.165, 1.54) is 6.20 Å². The van der Waals surface area contributed by atoms with Gasteiger partial charge in [-0.1, -0.05) is 104 Å². The summed E-state index contributed by atoms with van der Waals surface area (Å²) in [6.45, 7) is 3.03. The van der Waals surface area contributed by atoms with Gasteiger partial charge in [-0.2, -0.15) is 0 Å². The van der Waals surface area contributed by atoms with Gasteiger partial charge in [0.15, 0.2) is 6.29 Å². The number of carboxylic acids is 1. The van der Waals surface area contributed by atoms with Gasteiger partial charge in [-0.3, -0.25) is 49.5 Å². The number of aliphatic hydroxyl groups excluding tert-OH is 1. The van der Waals surface area contributed by atoms with Crippen LogP contribution in [0.25, 0.3) is 88.3 Å². The molecule has 0 aliphatic heterocycles. The van der Waals surface area contributed by atoms with Crippen LogP contribution in [0, 0.1) is 6.92 Å². The van der Waals surface area contributed by atoms with Crippen molar-refractivity contribution in [2.45, 2.75) is 58.4 Å². The second-order valence-corrected chi connectivity index (χ2v) is 24.5. The van der Waals surface area contributed by atoms with Crippen molar-refractivity contribution >= 4 is 143 Å². The molecule has 8 heterocycles. The molecule has 0 aliphatic carbocycles. The van der Waals surface area contributed by atoms with Crippen LogP contribution in [0.4, 0.5) is 0 Å². The van der Waals surface area contributed by atoms with Crippen molar-refractivity contribution in [3.63, 3.8) is 0 Å². The summed E-state index contributed by atoms with van der Waals surface area (Å²) in [5.41, 5.74) is 20.1. The second-order valence-electron chi connectivity index (χ2n) is 21.5. The maximum absolute atomic E-state index is 10.4. The number of aromatic nitrogens is 16. The van der Waals surface area contributed by atoms with Crippen molar-refractivity contribution in [1.29, 1.82) is 0 Å². The fourth-order valence-corrected chi connectivity index (χ4v) is 9.86. The van der Waals surface area contributed by atoms with Crippen molar-refractivity contribution in [2.75, 3.05) is 0 Å². The average molecular weight is 1410 g/mol. The normalized spacial score (nSPS) is 11.2. The molecule has 0 saturated carbocycles. The van der Waals surface area contributed by atoms with Gasteiger partial charge in [0.1, 0.15) is 11.8 Å². The lowest BCUT2D eigenvalue weighted by atomic mass is 10.1. The number of benzene rings is 8. The maximum Gasteiger partial charge on any atom is 0.300 e. The minimum Gasteiger partial charge on any atom is -0.481 e. The molecule has 0 fully saturated rings. The third-order valence-electron chi connectivity index (χ3n) is 14.2. The Kier molecular flexibility index (Phi) is 26.8. The van der Waals surface area contributed by atoms with Crippen LogP contribution in [0.3, 0.4) is 0 Å². The summed E-state index contributed by atoms with van der Waals surface area (Å²) >= 11 is 6.52. The molecule has 8 aromatic heterocycles. The molecule has 16 rings (SSSR count). The van der Waals surface area contributed by atoms with E-state index in [-0.39, 0.29) is 12.8 Å². The molecule has 21 nitrogen and oxygen atoms in total. The number of nitrogens with zero attached hydrogens (tertiary/aromatic N) is 16. The van der Waals surface area contributed by atoms with Crippen molar-refractivity contribution in [3.05, 3.63) is 289 Å². The zero-order valence-corrected chi connectivity index (χ0v) is 56.1. The molecule has 0 radical (unpaired) electrons. The van der Waals surface area contributed by atoms with Crippen LogP contribution in [-0.4, -0.2) is 106 Å². The SMILES string of the molecule is C.CC(=O)O.Cc1cnc2ccccc2n1.ClC(Cc1cnc2ccccc2n1)c1cnc2ccccc2n1.O=Cc1cnc2ccccc2n1.O=S(Cl)Cl.OC(Cc1cnc2ccccc2n1)c1cnc2ccccc2n1.c1ccc2nc(CCc3cnc4ccccc4n3)cnc2c1. The number of hydrogen-bond acceptors (Lipinski definition) is 20. The van der Waals surface area contributed by atoms with E-state index < -0.39 is 21.3 Å². The highest BCUT2D eigenvalue weighted by atomic mass is 36.0. The van der Waals surface area contributed by atoms with Gasteiger partial charge in [0.2, 0.25) is 9.23 Å². The number of rotatable bonds is 10. The zero-order chi connectivity index (χ0) is 69.3. The molecule has 0 aliphatic rings. The van der Waals surface area contributed by atoms with Gasteiger partial charge < -0.3 is 10.2 Å². The standard InChI is InChI=1S/C18H13ClN4.C18H14N4O.C18H14N4.C9H6N2O.C9H8N2.C2H4O2.CH4.Cl2OS/c19-13(18-11-21-15-6-2-4-8-17(15)23-18)9-12-10-20-14-5-1-3-7-16(14)22-12;23-18(17-11-20-14-6-2-4-8-16(14)22-17)9-12-10-19-13-5-1-3-7-15(13)21-12;1-3-7-17-15(5-1)19-11-13(21-17)9-10-14-12-20-16-6-2-4-8-18(16)22-14;12-6-7-5-10-8-3-1-2-4-9(8)11-7;1-7-6-10-8-4-2-3-5-9(8)11-7;1-2(3)4;;1-4(2)3/h1-8,10-11,13H,9H2;1-8,10-11,18,23H,9H2;1-8,11-12H,9-10H2;1-6H;2-6H,1H3;1H3,(H,3,4);1H4;. The number of aliphatic carboxylic acids is 1. The highest BCUT2D eigenvalue weighted by Crippen LogP contribution is 2.25. The molecule has 2 unspecified atom stereocenters. The summed E-state index contributed by atoms with van der Waals surface area (Å²) in [5.74, 6) is -0.833.